The molecule has 1 N–H and O–H groups in total. The second-order valence-corrected chi connectivity index (χ2v) is 4.06. The second-order valence-electron chi connectivity index (χ2n) is 3.79. The predicted molar refractivity (Wildman–Crippen MR) is 58.9 cm³/mol. The molecule has 4 nitrogen and oxygen atoms in total. The molecule has 0 saturated carbocycles. The quantitative estimate of drug-likeness (QED) is 0.644. The topological polar surface area (TPSA) is 59.1 Å². The van der Waals surface area contributed by atoms with Crippen molar-refractivity contribution in [3.63, 3.8) is 0 Å². The lowest BCUT2D eigenvalue weighted by Gasteiger charge is -2.21. The summed E-state index contributed by atoms with van der Waals surface area (Å²) in [5, 5.41) is 2.22. The van der Waals surface area contributed by atoms with E-state index in [0.29, 0.717) is 12.1 Å². The summed E-state index contributed by atoms with van der Waals surface area (Å²) in [6.07, 6.45) is 1.87. The molecule has 6 heteroatoms. The Kier molecular flexibility index (Phi) is 3.38. The number of nitrogens with one attached hydrogen (secondary N) is 1. The van der Waals surface area contributed by atoms with Crippen molar-refractivity contribution in [3.05, 3.63) is 29.3 Å². The lowest BCUT2D eigenvalue weighted by molar-refractivity contribution is -0.134. The average Bonchev–Trinajstić information content (AvgIpc) is 2.29. The number of hydrogen-bond acceptors (Lipinski definition) is 3. The minimum atomic E-state index is -0.600. The van der Waals surface area contributed by atoms with E-state index in [1.807, 2.05) is 0 Å². The molecule has 1 saturated heterocycles. The Labute approximate surface area is 102 Å². The van der Waals surface area contributed by atoms with Crippen LogP contribution in [0.15, 0.2) is 12.3 Å². The van der Waals surface area contributed by atoms with Crippen molar-refractivity contribution in [3.8, 4) is 0 Å². The summed E-state index contributed by atoms with van der Waals surface area (Å²) >= 11 is 5.65. The van der Waals surface area contributed by atoms with E-state index >= 15 is 0 Å². The lowest BCUT2D eigenvalue weighted by Crippen LogP contribution is -2.40. The van der Waals surface area contributed by atoms with Crippen LogP contribution in [0, 0.1) is 5.82 Å². The van der Waals surface area contributed by atoms with Crippen molar-refractivity contribution in [1.82, 2.24) is 10.3 Å². The fourth-order valence-corrected chi connectivity index (χ4v) is 2.14. The first-order valence-corrected chi connectivity index (χ1v) is 5.70. The van der Waals surface area contributed by atoms with Crippen LogP contribution in [0.2, 0.25) is 0 Å². The minimum absolute atomic E-state index is 0.0489. The Morgan fingerprint density at radius 2 is 2.29 bits per heavy atom. The van der Waals surface area contributed by atoms with E-state index in [-0.39, 0.29) is 23.8 Å². The molecule has 1 aromatic rings. The first-order chi connectivity index (χ1) is 8.13. The van der Waals surface area contributed by atoms with Gasteiger partial charge in [0.25, 0.3) is 0 Å². The Morgan fingerprint density at radius 3 is 2.94 bits per heavy atom. The van der Waals surface area contributed by atoms with Gasteiger partial charge in [-0.25, -0.2) is 4.39 Å². The Bertz CT molecular complexity index is 479. The molecule has 0 aliphatic carbocycles. The number of carbonyl (C=O) groups is 2. The molecule has 1 aliphatic rings. The van der Waals surface area contributed by atoms with Gasteiger partial charge in [0.15, 0.2) is 0 Å². The zero-order valence-corrected chi connectivity index (χ0v) is 9.63. The van der Waals surface area contributed by atoms with Gasteiger partial charge in [0, 0.05) is 18.2 Å². The summed E-state index contributed by atoms with van der Waals surface area (Å²) in [6, 6.07) is 1.20. The van der Waals surface area contributed by atoms with E-state index in [9.17, 15) is 14.0 Å². The van der Waals surface area contributed by atoms with Crippen molar-refractivity contribution >= 4 is 23.4 Å². The molecule has 0 aromatic carbocycles. The SMILES string of the molecule is O=C1CCC(c2nccc(F)c2CCl)C(=O)N1. The smallest absolute Gasteiger partial charge is 0.235 e. The number of carbonyl (C=O) groups excluding carboxylic acids is 2. The van der Waals surface area contributed by atoms with Crippen molar-refractivity contribution in [1.29, 1.82) is 0 Å². The standard InChI is InChI=1S/C11H10ClFN2O2/c12-5-7-8(13)3-4-14-10(7)6-1-2-9(16)15-11(6)17/h3-4,6H,1-2,5H2,(H,15,16,17). The van der Waals surface area contributed by atoms with Crippen molar-refractivity contribution in [2.24, 2.45) is 0 Å². The molecule has 2 rings (SSSR count). The van der Waals surface area contributed by atoms with E-state index < -0.39 is 17.6 Å². The molecule has 1 unspecified atom stereocenters. The first-order valence-electron chi connectivity index (χ1n) is 5.16. The second kappa shape index (κ2) is 4.79. The minimum Gasteiger partial charge on any atom is -0.296 e. The van der Waals surface area contributed by atoms with E-state index in [0.717, 1.165) is 0 Å². The maximum absolute atomic E-state index is 13.5. The molecular weight excluding hydrogens is 247 g/mol. The van der Waals surface area contributed by atoms with Crippen LogP contribution in [0.3, 0.4) is 0 Å². The van der Waals surface area contributed by atoms with Crippen molar-refractivity contribution < 1.29 is 14.0 Å². The van der Waals surface area contributed by atoms with Crippen LogP contribution in [0.25, 0.3) is 0 Å². The summed E-state index contributed by atoms with van der Waals surface area (Å²) in [4.78, 5) is 26.7. The largest absolute Gasteiger partial charge is 0.296 e. The first kappa shape index (κ1) is 12.0. The molecule has 90 valence electrons. The third-order valence-corrected chi connectivity index (χ3v) is 3.00. The molecule has 0 radical (unpaired) electrons. The Balaban J connectivity index is 2.37. The number of hydrogen-bond donors (Lipinski definition) is 1. The molecule has 1 aromatic heterocycles. The zero-order chi connectivity index (χ0) is 12.4. The number of piperidine rings is 1. The number of aromatic nitrogens is 1. The third-order valence-electron chi connectivity index (χ3n) is 2.73. The van der Waals surface area contributed by atoms with Gasteiger partial charge in [-0.05, 0) is 12.5 Å². The average molecular weight is 257 g/mol. The van der Waals surface area contributed by atoms with Crippen molar-refractivity contribution in [2.75, 3.05) is 0 Å². The fraction of sp³-hybridized carbons (Fsp3) is 0.364. The molecule has 17 heavy (non-hydrogen) atoms. The van der Waals surface area contributed by atoms with Crippen LogP contribution in [0.4, 0.5) is 4.39 Å². The summed E-state index contributed by atoms with van der Waals surface area (Å²) in [5.41, 5.74) is 0.550. The van der Waals surface area contributed by atoms with Gasteiger partial charge in [-0.3, -0.25) is 19.9 Å². The van der Waals surface area contributed by atoms with Crippen LogP contribution < -0.4 is 5.32 Å². The summed E-state index contributed by atoms with van der Waals surface area (Å²) < 4.78 is 13.5. The van der Waals surface area contributed by atoms with Gasteiger partial charge >= 0.3 is 0 Å². The number of alkyl halides is 1. The fourth-order valence-electron chi connectivity index (χ4n) is 1.87. The molecule has 1 atom stereocenters. The molecule has 1 aliphatic heterocycles. The number of rotatable bonds is 2. The molecule has 1 fully saturated rings. The van der Waals surface area contributed by atoms with Crippen LogP contribution >= 0.6 is 11.6 Å². The molecule has 2 heterocycles. The van der Waals surface area contributed by atoms with Gasteiger partial charge in [-0.15, -0.1) is 11.6 Å². The Hall–Kier alpha value is -1.49. The number of imide groups is 1. The molecule has 0 spiro atoms. The van der Waals surface area contributed by atoms with Crippen LogP contribution in [0.1, 0.15) is 30.0 Å². The van der Waals surface area contributed by atoms with Gasteiger partial charge in [0.1, 0.15) is 5.82 Å². The summed E-state index contributed by atoms with van der Waals surface area (Å²) in [5.74, 6) is -1.88. The van der Waals surface area contributed by atoms with E-state index in [1.54, 1.807) is 0 Å². The number of halogens is 2. The van der Waals surface area contributed by atoms with Gasteiger partial charge in [-0.2, -0.15) is 0 Å². The van der Waals surface area contributed by atoms with Gasteiger partial charge in [0.05, 0.1) is 17.5 Å². The third kappa shape index (κ3) is 2.29. The number of pyridine rings is 1. The highest BCUT2D eigenvalue weighted by Gasteiger charge is 2.31. The van der Waals surface area contributed by atoms with Crippen LogP contribution in [0.5, 0.6) is 0 Å². The highest BCUT2D eigenvalue weighted by molar-refractivity contribution is 6.17. The highest BCUT2D eigenvalue weighted by atomic mass is 35.5. The monoisotopic (exact) mass is 256 g/mol. The van der Waals surface area contributed by atoms with E-state index in [4.69, 9.17) is 11.6 Å². The zero-order valence-electron chi connectivity index (χ0n) is 8.87. The van der Waals surface area contributed by atoms with Crippen molar-refractivity contribution in [2.45, 2.75) is 24.6 Å². The highest BCUT2D eigenvalue weighted by Crippen LogP contribution is 2.27. The summed E-state index contributed by atoms with van der Waals surface area (Å²) in [6.45, 7) is 0. The van der Waals surface area contributed by atoms with Gasteiger partial charge < -0.3 is 0 Å². The number of nitrogens with zero attached hydrogens (tertiary/aromatic N) is 1. The van der Waals surface area contributed by atoms with Gasteiger partial charge in [0.2, 0.25) is 11.8 Å². The van der Waals surface area contributed by atoms with Gasteiger partial charge in [-0.1, -0.05) is 0 Å². The Morgan fingerprint density at radius 1 is 1.53 bits per heavy atom. The van der Waals surface area contributed by atoms with E-state index in [2.05, 4.69) is 10.3 Å². The van der Waals surface area contributed by atoms with E-state index in [1.165, 1.54) is 12.3 Å². The summed E-state index contributed by atoms with van der Waals surface area (Å²) in [7, 11) is 0. The normalized spacial score (nSPS) is 20.2. The molecule has 0 bridgehead atoms. The van der Waals surface area contributed by atoms with Crippen LogP contribution in [-0.2, 0) is 15.5 Å². The maximum atomic E-state index is 13.5. The molecular formula is C11H10ClFN2O2. The predicted octanol–water partition coefficient (Wildman–Crippen LogP) is 1.48. The maximum Gasteiger partial charge on any atom is 0.235 e. The lowest BCUT2D eigenvalue weighted by atomic mass is 9.92. The number of amides is 2. The molecule has 2 amide bonds. The van der Waals surface area contributed by atoms with Crippen LogP contribution in [-0.4, -0.2) is 16.8 Å².